The van der Waals surface area contributed by atoms with Crippen LogP contribution < -0.4 is 10.1 Å². The number of H-pyrrole nitrogens is 1. The first-order chi connectivity index (χ1) is 10.6. The number of fused-ring (bicyclic) bond motifs is 1. The quantitative estimate of drug-likeness (QED) is 0.763. The highest BCUT2D eigenvalue weighted by Crippen LogP contribution is 2.27. The number of nitrogens with one attached hydrogen (secondary N) is 2. The van der Waals surface area contributed by atoms with Crippen LogP contribution in [0, 0.1) is 6.92 Å². The number of thiophene rings is 1. The van der Waals surface area contributed by atoms with Crippen LogP contribution in [0.25, 0.3) is 10.2 Å². The van der Waals surface area contributed by atoms with Crippen LogP contribution in [0.3, 0.4) is 0 Å². The van der Waals surface area contributed by atoms with Crippen LogP contribution >= 0.6 is 11.3 Å². The van der Waals surface area contributed by atoms with Crippen molar-refractivity contribution in [1.82, 2.24) is 10.3 Å². The fraction of sp³-hybridized carbons (Fsp3) is 0.235. The summed E-state index contributed by atoms with van der Waals surface area (Å²) in [5.41, 5.74) is 2.70. The van der Waals surface area contributed by atoms with E-state index in [2.05, 4.69) is 10.3 Å². The molecule has 1 amide bonds. The molecule has 2 heterocycles. The molecule has 0 aliphatic heterocycles. The van der Waals surface area contributed by atoms with Gasteiger partial charge in [0, 0.05) is 10.9 Å². The van der Waals surface area contributed by atoms with Crippen LogP contribution in [0.5, 0.6) is 5.75 Å². The number of benzene rings is 1. The Balaban J connectivity index is 1.81. The van der Waals surface area contributed by atoms with E-state index < -0.39 is 0 Å². The van der Waals surface area contributed by atoms with Gasteiger partial charge in [-0.2, -0.15) is 0 Å². The lowest BCUT2D eigenvalue weighted by Crippen LogP contribution is -2.27. The molecule has 0 spiro atoms. The Kier molecular flexibility index (Phi) is 3.90. The third-order valence-corrected chi connectivity index (χ3v) is 4.53. The number of aromatic amines is 1. The maximum Gasteiger partial charge on any atom is 0.268 e. The van der Waals surface area contributed by atoms with Crippen molar-refractivity contribution in [3.05, 3.63) is 52.5 Å². The zero-order chi connectivity index (χ0) is 15.7. The Hall–Kier alpha value is -2.27. The molecule has 5 heteroatoms. The zero-order valence-electron chi connectivity index (χ0n) is 12.8. The number of hydrogen-bond acceptors (Lipinski definition) is 3. The summed E-state index contributed by atoms with van der Waals surface area (Å²) in [5, 5.41) is 6.09. The topological polar surface area (TPSA) is 54.1 Å². The van der Waals surface area contributed by atoms with Gasteiger partial charge in [0.05, 0.1) is 13.2 Å². The molecule has 4 nitrogen and oxygen atoms in total. The molecule has 3 aromatic rings. The fourth-order valence-corrected chi connectivity index (χ4v) is 3.30. The summed E-state index contributed by atoms with van der Waals surface area (Å²) in [6, 6.07) is 9.70. The number of aryl methyl sites for hydroxylation is 1. The molecular weight excluding hydrogens is 296 g/mol. The lowest BCUT2D eigenvalue weighted by molar-refractivity contribution is 0.0935. The molecule has 3 rings (SSSR count). The summed E-state index contributed by atoms with van der Waals surface area (Å²) in [4.78, 5) is 16.6. The Morgan fingerprint density at radius 1 is 1.32 bits per heavy atom. The number of ether oxygens (including phenoxy) is 1. The highest BCUT2D eigenvalue weighted by molar-refractivity contribution is 7.16. The molecule has 0 unspecified atom stereocenters. The minimum absolute atomic E-state index is 0.112. The lowest BCUT2D eigenvalue weighted by Gasteiger charge is -2.17. The Bertz CT molecular complexity index is 791. The first-order valence-electron chi connectivity index (χ1n) is 7.10. The third kappa shape index (κ3) is 2.72. The van der Waals surface area contributed by atoms with Gasteiger partial charge in [0.2, 0.25) is 0 Å². The van der Waals surface area contributed by atoms with Crippen LogP contribution in [-0.4, -0.2) is 18.0 Å². The molecule has 0 fully saturated rings. The van der Waals surface area contributed by atoms with E-state index in [1.165, 1.54) is 0 Å². The zero-order valence-corrected chi connectivity index (χ0v) is 13.6. The number of methoxy groups -OCH3 is 1. The van der Waals surface area contributed by atoms with Crippen molar-refractivity contribution in [2.45, 2.75) is 19.9 Å². The second kappa shape index (κ2) is 5.85. The van der Waals surface area contributed by atoms with E-state index >= 15 is 0 Å². The maximum atomic E-state index is 12.4. The molecule has 0 aliphatic rings. The summed E-state index contributed by atoms with van der Waals surface area (Å²) in [6.07, 6.45) is 0. The predicted molar refractivity (Wildman–Crippen MR) is 89.8 cm³/mol. The summed E-state index contributed by atoms with van der Waals surface area (Å²) in [5.74, 6) is 0.672. The first-order valence-corrected chi connectivity index (χ1v) is 7.98. The number of carbonyl (C=O) groups is 1. The summed E-state index contributed by atoms with van der Waals surface area (Å²) in [7, 11) is 1.64. The van der Waals surface area contributed by atoms with Gasteiger partial charge in [0.15, 0.2) is 0 Å². The lowest BCUT2D eigenvalue weighted by atomic mass is 10.0. The van der Waals surface area contributed by atoms with E-state index in [0.29, 0.717) is 5.69 Å². The molecule has 0 saturated carbocycles. The number of hydrogen-bond donors (Lipinski definition) is 2. The van der Waals surface area contributed by atoms with E-state index in [1.54, 1.807) is 18.4 Å². The Morgan fingerprint density at radius 2 is 2.14 bits per heavy atom. The second-order valence-corrected chi connectivity index (χ2v) is 6.24. The minimum Gasteiger partial charge on any atom is -0.496 e. The van der Waals surface area contributed by atoms with Gasteiger partial charge in [-0.3, -0.25) is 4.79 Å². The standard InChI is InChI=1S/C17H18N2O2S/c1-10-4-5-15(21-3)13(8-10)11(2)18-16(20)14-9-12-6-7-22-17(12)19-14/h4-9,11,19H,1-3H3,(H,18,20)/t11-/m1/s1. The van der Waals surface area contributed by atoms with Crippen molar-refractivity contribution in [1.29, 1.82) is 0 Å². The normalized spacial score (nSPS) is 12.3. The molecule has 0 bridgehead atoms. The van der Waals surface area contributed by atoms with Gasteiger partial charge >= 0.3 is 0 Å². The van der Waals surface area contributed by atoms with Gasteiger partial charge in [0.1, 0.15) is 16.3 Å². The van der Waals surface area contributed by atoms with Gasteiger partial charge < -0.3 is 15.0 Å². The molecule has 22 heavy (non-hydrogen) atoms. The van der Waals surface area contributed by atoms with Gasteiger partial charge in [-0.1, -0.05) is 17.7 Å². The van der Waals surface area contributed by atoms with E-state index in [9.17, 15) is 4.79 Å². The van der Waals surface area contributed by atoms with E-state index in [-0.39, 0.29) is 11.9 Å². The third-order valence-electron chi connectivity index (χ3n) is 3.69. The molecule has 0 radical (unpaired) electrons. The van der Waals surface area contributed by atoms with Crippen molar-refractivity contribution in [3.63, 3.8) is 0 Å². The van der Waals surface area contributed by atoms with E-state index in [0.717, 1.165) is 27.1 Å². The number of carbonyl (C=O) groups excluding carboxylic acids is 1. The molecule has 2 N–H and O–H groups in total. The van der Waals surface area contributed by atoms with Gasteiger partial charge in [0.25, 0.3) is 5.91 Å². The van der Waals surface area contributed by atoms with Crippen LogP contribution in [0.15, 0.2) is 35.7 Å². The van der Waals surface area contributed by atoms with Crippen LogP contribution in [0.4, 0.5) is 0 Å². The van der Waals surface area contributed by atoms with Crippen molar-refractivity contribution in [2.24, 2.45) is 0 Å². The van der Waals surface area contributed by atoms with Crippen molar-refractivity contribution < 1.29 is 9.53 Å². The van der Waals surface area contributed by atoms with Crippen LogP contribution in [-0.2, 0) is 0 Å². The summed E-state index contributed by atoms with van der Waals surface area (Å²) < 4.78 is 5.39. The molecule has 2 aromatic heterocycles. The SMILES string of the molecule is COc1ccc(C)cc1[C@@H](C)NC(=O)c1cc2ccsc2[nH]1. The van der Waals surface area contributed by atoms with Crippen molar-refractivity contribution >= 4 is 27.5 Å². The number of amides is 1. The van der Waals surface area contributed by atoms with E-state index in [4.69, 9.17) is 4.74 Å². The molecule has 0 aliphatic carbocycles. The summed E-state index contributed by atoms with van der Waals surface area (Å²) in [6.45, 7) is 3.98. The largest absolute Gasteiger partial charge is 0.496 e. The fourth-order valence-electron chi connectivity index (χ4n) is 2.51. The molecule has 1 aromatic carbocycles. The van der Waals surface area contributed by atoms with Gasteiger partial charge in [-0.05, 0) is 37.4 Å². The van der Waals surface area contributed by atoms with Crippen molar-refractivity contribution in [3.8, 4) is 5.75 Å². The van der Waals surface area contributed by atoms with Crippen LogP contribution in [0.1, 0.15) is 34.6 Å². The minimum atomic E-state index is -0.135. The van der Waals surface area contributed by atoms with Crippen molar-refractivity contribution in [2.75, 3.05) is 7.11 Å². The smallest absolute Gasteiger partial charge is 0.268 e. The Morgan fingerprint density at radius 3 is 2.86 bits per heavy atom. The van der Waals surface area contributed by atoms with E-state index in [1.807, 2.05) is 49.6 Å². The summed E-state index contributed by atoms with van der Waals surface area (Å²) >= 11 is 1.59. The van der Waals surface area contributed by atoms with Crippen LogP contribution in [0.2, 0.25) is 0 Å². The van der Waals surface area contributed by atoms with Gasteiger partial charge in [-0.25, -0.2) is 0 Å². The maximum absolute atomic E-state index is 12.4. The average molecular weight is 314 g/mol. The Labute approximate surface area is 133 Å². The highest BCUT2D eigenvalue weighted by atomic mass is 32.1. The first kappa shape index (κ1) is 14.7. The molecule has 1 atom stereocenters. The monoisotopic (exact) mass is 314 g/mol. The molecule has 114 valence electrons. The molecular formula is C17H18N2O2S. The van der Waals surface area contributed by atoms with Gasteiger partial charge in [-0.15, -0.1) is 11.3 Å². The predicted octanol–water partition coefficient (Wildman–Crippen LogP) is 4.04. The molecule has 0 saturated heterocycles. The highest BCUT2D eigenvalue weighted by Gasteiger charge is 2.17. The average Bonchev–Trinajstić information content (AvgIpc) is 3.08. The number of aromatic nitrogens is 1. The number of rotatable bonds is 4. The second-order valence-electron chi connectivity index (χ2n) is 5.33.